The smallest absolute Gasteiger partial charge is 0.0823 e. The SMILES string of the molecule is CCC1CSC(c2cnn(-c3ccccc3)c2)N1. The van der Waals surface area contributed by atoms with E-state index in [0.717, 1.165) is 5.69 Å². The Labute approximate surface area is 112 Å². The van der Waals surface area contributed by atoms with Crippen LogP contribution in [0.2, 0.25) is 0 Å². The molecule has 4 heteroatoms. The van der Waals surface area contributed by atoms with Crippen molar-refractivity contribution in [2.45, 2.75) is 24.8 Å². The van der Waals surface area contributed by atoms with Crippen molar-refractivity contribution < 1.29 is 0 Å². The van der Waals surface area contributed by atoms with Gasteiger partial charge in [0.2, 0.25) is 0 Å². The van der Waals surface area contributed by atoms with Crippen molar-refractivity contribution in [3.8, 4) is 5.69 Å². The van der Waals surface area contributed by atoms with Crippen LogP contribution >= 0.6 is 11.8 Å². The van der Waals surface area contributed by atoms with Gasteiger partial charge in [-0.3, -0.25) is 5.32 Å². The zero-order chi connectivity index (χ0) is 12.4. The second kappa shape index (κ2) is 5.16. The Bertz CT molecular complexity index is 509. The molecule has 1 N–H and O–H groups in total. The monoisotopic (exact) mass is 259 g/mol. The molecule has 1 saturated heterocycles. The number of benzene rings is 1. The van der Waals surface area contributed by atoms with Crippen molar-refractivity contribution in [2.75, 3.05) is 5.75 Å². The van der Waals surface area contributed by atoms with Crippen LogP contribution in [0, 0.1) is 0 Å². The van der Waals surface area contributed by atoms with Crippen LogP contribution in [0.15, 0.2) is 42.7 Å². The van der Waals surface area contributed by atoms with Crippen LogP contribution in [-0.2, 0) is 0 Å². The van der Waals surface area contributed by atoms with Crippen LogP contribution in [0.3, 0.4) is 0 Å². The van der Waals surface area contributed by atoms with Crippen LogP contribution in [0.5, 0.6) is 0 Å². The molecular formula is C14H17N3S. The molecular weight excluding hydrogens is 242 g/mol. The summed E-state index contributed by atoms with van der Waals surface area (Å²) in [6.45, 7) is 2.23. The Hall–Kier alpha value is -1.26. The lowest BCUT2D eigenvalue weighted by Crippen LogP contribution is -2.24. The maximum Gasteiger partial charge on any atom is 0.0823 e. The van der Waals surface area contributed by atoms with E-state index >= 15 is 0 Å². The molecule has 18 heavy (non-hydrogen) atoms. The van der Waals surface area contributed by atoms with Gasteiger partial charge in [0, 0.05) is 23.6 Å². The zero-order valence-electron chi connectivity index (χ0n) is 10.4. The Morgan fingerprint density at radius 2 is 2.22 bits per heavy atom. The third-order valence-electron chi connectivity index (χ3n) is 3.27. The van der Waals surface area contributed by atoms with Gasteiger partial charge >= 0.3 is 0 Å². The molecule has 0 saturated carbocycles. The fourth-order valence-corrected chi connectivity index (χ4v) is 3.50. The normalized spacial score (nSPS) is 23.4. The van der Waals surface area contributed by atoms with E-state index < -0.39 is 0 Å². The van der Waals surface area contributed by atoms with Crippen LogP contribution in [0.4, 0.5) is 0 Å². The van der Waals surface area contributed by atoms with Crippen LogP contribution < -0.4 is 5.32 Å². The van der Waals surface area contributed by atoms with Gasteiger partial charge in [-0.1, -0.05) is 25.1 Å². The maximum atomic E-state index is 4.45. The molecule has 94 valence electrons. The van der Waals surface area contributed by atoms with E-state index in [4.69, 9.17) is 0 Å². The van der Waals surface area contributed by atoms with Crippen molar-refractivity contribution in [3.05, 3.63) is 48.3 Å². The first-order valence-electron chi connectivity index (χ1n) is 6.34. The van der Waals surface area contributed by atoms with E-state index in [1.54, 1.807) is 0 Å². The van der Waals surface area contributed by atoms with E-state index in [1.807, 2.05) is 40.8 Å². The van der Waals surface area contributed by atoms with Crippen molar-refractivity contribution in [3.63, 3.8) is 0 Å². The first-order valence-corrected chi connectivity index (χ1v) is 7.39. The molecule has 3 nitrogen and oxygen atoms in total. The summed E-state index contributed by atoms with van der Waals surface area (Å²) < 4.78 is 1.94. The third kappa shape index (κ3) is 2.31. The number of hydrogen-bond acceptors (Lipinski definition) is 3. The molecule has 0 radical (unpaired) electrons. The minimum absolute atomic E-state index is 0.396. The lowest BCUT2D eigenvalue weighted by molar-refractivity contribution is 0.561. The Kier molecular flexibility index (Phi) is 3.39. The minimum Gasteiger partial charge on any atom is -0.298 e. The highest BCUT2D eigenvalue weighted by atomic mass is 32.2. The second-order valence-corrected chi connectivity index (χ2v) is 5.68. The van der Waals surface area contributed by atoms with E-state index in [9.17, 15) is 0 Å². The maximum absolute atomic E-state index is 4.45. The predicted octanol–water partition coefficient (Wildman–Crippen LogP) is 2.99. The molecule has 0 bridgehead atoms. The van der Waals surface area contributed by atoms with Gasteiger partial charge in [0.15, 0.2) is 0 Å². The zero-order valence-corrected chi connectivity index (χ0v) is 11.2. The molecule has 1 aromatic carbocycles. The van der Waals surface area contributed by atoms with Gasteiger partial charge in [0.05, 0.1) is 17.3 Å². The number of hydrogen-bond donors (Lipinski definition) is 1. The largest absolute Gasteiger partial charge is 0.298 e. The van der Waals surface area contributed by atoms with E-state index in [2.05, 4.69) is 35.7 Å². The Morgan fingerprint density at radius 1 is 1.39 bits per heavy atom. The van der Waals surface area contributed by atoms with E-state index in [0.29, 0.717) is 11.4 Å². The summed E-state index contributed by atoms with van der Waals surface area (Å²) in [4.78, 5) is 0. The number of thioether (sulfide) groups is 1. The summed E-state index contributed by atoms with van der Waals surface area (Å²) in [6, 6.07) is 10.9. The van der Waals surface area contributed by atoms with Gasteiger partial charge in [0.1, 0.15) is 0 Å². The van der Waals surface area contributed by atoms with Crippen molar-refractivity contribution in [2.24, 2.45) is 0 Å². The molecule has 1 aliphatic heterocycles. The molecule has 1 aliphatic rings. The molecule has 1 aromatic heterocycles. The second-order valence-electron chi connectivity index (χ2n) is 4.54. The van der Waals surface area contributed by atoms with Crippen molar-refractivity contribution >= 4 is 11.8 Å². The Balaban J connectivity index is 1.78. The minimum atomic E-state index is 0.396. The highest BCUT2D eigenvalue weighted by Gasteiger charge is 2.25. The average Bonchev–Trinajstić information content (AvgIpc) is 3.08. The van der Waals surface area contributed by atoms with Gasteiger partial charge in [-0.25, -0.2) is 4.68 Å². The number of nitrogens with one attached hydrogen (secondary N) is 1. The number of rotatable bonds is 3. The number of aromatic nitrogens is 2. The van der Waals surface area contributed by atoms with Gasteiger partial charge in [0.25, 0.3) is 0 Å². The molecule has 0 spiro atoms. The molecule has 0 aliphatic carbocycles. The van der Waals surface area contributed by atoms with E-state index in [-0.39, 0.29) is 0 Å². The quantitative estimate of drug-likeness (QED) is 0.919. The lowest BCUT2D eigenvalue weighted by Gasteiger charge is -2.09. The Morgan fingerprint density at radius 3 is 2.94 bits per heavy atom. The molecule has 3 rings (SSSR count). The fourth-order valence-electron chi connectivity index (χ4n) is 2.14. The predicted molar refractivity (Wildman–Crippen MR) is 76.0 cm³/mol. The summed E-state index contributed by atoms with van der Waals surface area (Å²) in [6.07, 6.45) is 5.28. The molecule has 2 heterocycles. The van der Waals surface area contributed by atoms with Gasteiger partial charge < -0.3 is 0 Å². The van der Waals surface area contributed by atoms with Gasteiger partial charge in [-0.2, -0.15) is 5.10 Å². The molecule has 2 aromatic rings. The summed E-state index contributed by atoms with van der Waals surface area (Å²) in [5.41, 5.74) is 2.37. The van der Waals surface area contributed by atoms with Crippen LogP contribution in [0.1, 0.15) is 24.3 Å². The summed E-state index contributed by atoms with van der Waals surface area (Å²) >= 11 is 1.97. The number of para-hydroxylation sites is 1. The lowest BCUT2D eigenvalue weighted by atomic mass is 10.2. The molecule has 2 atom stereocenters. The third-order valence-corrected chi connectivity index (χ3v) is 4.61. The summed E-state index contributed by atoms with van der Waals surface area (Å²) in [7, 11) is 0. The topological polar surface area (TPSA) is 29.9 Å². The van der Waals surface area contributed by atoms with Gasteiger partial charge in [-0.15, -0.1) is 11.8 Å². The summed E-state index contributed by atoms with van der Waals surface area (Å²) in [5, 5.41) is 8.47. The highest BCUT2D eigenvalue weighted by Crippen LogP contribution is 2.33. The molecule has 0 amide bonds. The van der Waals surface area contributed by atoms with Crippen LogP contribution in [-0.4, -0.2) is 21.6 Å². The van der Waals surface area contributed by atoms with Crippen LogP contribution in [0.25, 0.3) is 5.69 Å². The standard InChI is InChI=1S/C14H17N3S/c1-2-12-10-18-14(16-12)11-8-15-17(9-11)13-6-4-3-5-7-13/h3-9,12,14,16H,2,10H2,1H3. The van der Waals surface area contributed by atoms with Gasteiger partial charge in [-0.05, 0) is 18.6 Å². The van der Waals surface area contributed by atoms with Crippen molar-refractivity contribution in [1.29, 1.82) is 0 Å². The van der Waals surface area contributed by atoms with Crippen molar-refractivity contribution in [1.82, 2.24) is 15.1 Å². The highest BCUT2D eigenvalue weighted by molar-refractivity contribution is 7.99. The number of nitrogens with zero attached hydrogens (tertiary/aromatic N) is 2. The summed E-state index contributed by atoms with van der Waals surface area (Å²) in [5.74, 6) is 1.19. The molecule has 2 unspecified atom stereocenters. The fraction of sp³-hybridized carbons (Fsp3) is 0.357. The average molecular weight is 259 g/mol. The first kappa shape index (κ1) is 11.8. The van der Waals surface area contributed by atoms with E-state index in [1.165, 1.54) is 17.7 Å². The first-order chi connectivity index (χ1) is 8.86. The molecule has 1 fully saturated rings.